The molecule has 0 saturated heterocycles. The van der Waals surface area contributed by atoms with Gasteiger partial charge in [0, 0.05) is 26.7 Å². The third-order valence-corrected chi connectivity index (χ3v) is 1.88. The second kappa shape index (κ2) is 8.97. The third kappa shape index (κ3) is 6.58. The molecule has 0 spiro atoms. The average molecular weight is 174 g/mol. The first-order valence-corrected chi connectivity index (χ1v) is 4.76. The third-order valence-electron chi connectivity index (χ3n) is 1.88. The minimum atomic E-state index is 0.743. The Morgan fingerprint density at radius 3 is 2.50 bits per heavy atom. The van der Waals surface area contributed by atoms with Gasteiger partial charge < -0.3 is 10.5 Å². The Bertz CT molecular complexity index is 80.6. The Labute approximate surface area is 75.9 Å². The highest BCUT2D eigenvalue weighted by Crippen LogP contribution is 1.93. The lowest BCUT2D eigenvalue weighted by Gasteiger charge is -2.20. The van der Waals surface area contributed by atoms with Crippen LogP contribution in [0.5, 0.6) is 0 Å². The SMILES string of the molecule is CCCCN(CCN)CCOC. The molecule has 0 amide bonds. The number of ether oxygens (including phenoxy) is 1. The summed E-state index contributed by atoms with van der Waals surface area (Å²) < 4.78 is 5.02. The van der Waals surface area contributed by atoms with E-state index in [4.69, 9.17) is 10.5 Å². The van der Waals surface area contributed by atoms with Gasteiger partial charge in [-0.2, -0.15) is 0 Å². The molecule has 0 atom stereocenters. The number of hydrogen-bond acceptors (Lipinski definition) is 3. The quantitative estimate of drug-likeness (QED) is 0.588. The molecule has 0 aromatic carbocycles. The van der Waals surface area contributed by atoms with Crippen molar-refractivity contribution in [3.63, 3.8) is 0 Å². The summed E-state index contributed by atoms with van der Waals surface area (Å²) in [5.41, 5.74) is 5.49. The van der Waals surface area contributed by atoms with Gasteiger partial charge in [0.2, 0.25) is 0 Å². The Balaban J connectivity index is 3.40. The Hall–Kier alpha value is -0.120. The number of methoxy groups -OCH3 is 1. The molecule has 0 aromatic rings. The van der Waals surface area contributed by atoms with Crippen molar-refractivity contribution in [2.24, 2.45) is 5.73 Å². The van der Waals surface area contributed by atoms with Crippen LogP contribution in [0.4, 0.5) is 0 Å². The summed E-state index contributed by atoms with van der Waals surface area (Å²) in [7, 11) is 1.74. The molecule has 0 aliphatic heterocycles. The summed E-state index contributed by atoms with van der Waals surface area (Å²) in [6, 6.07) is 0. The van der Waals surface area contributed by atoms with Gasteiger partial charge in [0.15, 0.2) is 0 Å². The van der Waals surface area contributed by atoms with Crippen LogP contribution in [0, 0.1) is 0 Å². The molecule has 3 heteroatoms. The smallest absolute Gasteiger partial charge is 0.0589 e. The fraction of sp³-hybridized carbons (Fsp3) is 1.00. The van der Waals surface area contributed by atoms with Gasteiger partial charge in [-0.05, 0) is 13.0 Å². The van der Waals surface area contributed by atoms with E-state index in [2.05, 4.69) is 11.8 Å². The van der Waals surface area contributed by atoms with Crippen molar-refractivity contribution in [2.75, 3.05) is 39.9 Å². The average Bonchev–Trinajstić information content (AvgIpc) is 2.10. The maximum absolute atomic E-state index is 5.49. The van der Waals surface area contributed by atoms with Crippen molar-refractivity contribution in [1.29, 1.82) is 0 Å². The van der Waals surface area contributed by atoms with E-state index in [0.29, 0.717) is 0 Å². The fourth-order valence-corrected chi connectivity index (χ4v) is 1.12. The molecule has 74 valence electrons. The number of nitrogens with zero attached hydrogens (tertiary/aromatic N) is 1. The van der Waals surface area contributed by atoms with E-state index >= 15 is 0 Å². The first-order chi connectivity index (χ1) is 5.85. The monoisotopic (exact) mass is 174 g/mol. The Kier molecular flexibility index (Phi) is 8.88. The van der Waals surface area contributed by atoms with Crippen LogP contribution in [-0.4, -0.2) is 44.8 Å². The van der Waals surface area contributed by atoms with Crippen molar-refractivity contribution < 1.29 is 4.74 Å². The second-order valence-electron chi connectivity index (χ2n) is 2.98. The van der Waals surface area contributed by atoms with Gasteiger partial charge in [0.05, 0.1) is 6.61 Å². The molecule has 0 fully saturated rings. The molecular formula is C9H22N2O. The zero-order valence-electron chi connectivity index (χ0n) is 8.38. The minimum absolute atomic E-state index is 0.743. The van der Waals surface area contributed by atoms with Crippen molar-refractivity contribution in [3.8, 4) is 0 Å². The summed E-state index contributed by atoms with van der Waals surface area (Å²) in [6.45, 7) is 6.90. The molecule has 0 heterocycles. The summed E-state index contributed by atoms with van der Waals surface area (Å²) in [6.07, 6.45) is 2.50. The zero-order valence-corrected chi connectivity index (χ0v) is 8.38. The van der Waals surface area contributed by atoms with Gasteiger partial charge >= 0.3 is 0 Å². The zero-order chi connectivity index (χ0) is 9.23. The Morgan fingerprint density at radius 2 is 2.00 bits per heavy atom. The van der Waals surface area contributed by atoms with Crippen LogP contribution in [0.15, 0.2) is 0 Å². The predicted octanol–water partition coefficient (Wildman–Crippen LogP) is 0.694. The molecule has 0 aliphatic carbocycles. The number of nitrogens with two attached hydrogens (primary N) is 1. The molecule has 12 heavy (non-hydrogen) atoms. The van der Waals surface area contributed by atoms with Crippen molar-refractivity contribution in [3.05, 3.63) is 0 Å². The van der Waals surface area contributed by atoms with Crippen molar-refractivity contribution in [1.82, 2.24) is 4.90 Å². The molecule has 0 saturated carbocycles. The Morgan fingerprint density at radius 1 is 1.25 bits per heavy atom. The van der Waals surface area contributed by atoms with Gasteiger partial charge in [0.25, 0.3) is 0 Å². The van der Waals surface area contributed by atoms with Gasteiger partial charge in [0.1, 0.15) is 0 Å². The van der Waals surface area contributed by atoms with Gasteiger partial charge in [-0.1, -0.05) is 13.3 Å². The second-order valence-corrected chi connectivity index (χ2v) is 2.98. The van der Waals surface area contributed by atoms with Crippen molar-refractivity contribution in [2.45, 2.75) is 19.8 Å². The molecule has 0 aromatic heterocycles. The van der Waals surface area contributed by atoms with Crippen LogP contribution in [0.25, 0.3) is 0 Å². The first kappa shape index (κ1) is 11.9. The van der Waals surface area contributed by atoms with Gasteiger partial charge in [-0.15, -0.1) is 0 Å². The van der Waals surface area contributed by atoms with Crippen LogP contribution in [0.1, 0.15) is 19.8 Å². The van der Waals surface area contributed by atoms with Crippen LogP contribution in [-0.2, 0) is 4.74 Å². The van der Waals surface area contributed by atoms with E-state index in [1.807, 2.05) is 0 Å². The largest absolute Gasteiger partial charge is 0.383 e. The molecule has 0 unspecified atom stereocenters. The fourth-order valence-electron chi connectivity index (χ4n) is 1.12. The van der Waals surface area contributed by atoms with Crippen LogP contribution >= 0.6 is 0 Å². The molecule has 0 rings (SSSR count). The molecule has 2 N–H and O–H groups in total. The van der Waals surface area contributed by atoms with E-state index in [-0.39, 0.29) is 0 Å². The minimum Gasteiger partial charge on any atom is -0.383 e. The highest BCUT2D eigenvalue weighted by molar-refractivity contribution is 4.57. The summed E-state index contributed by atoms with van der Waals surface area (Å²) >= 11 is 0. The lowest BCUT2D eigenvalue weighted by atomic mass is 10.3. The van der Waals surface area contributed by atoms with E-state index in [0.717, 1.165) is 32.8 Å². The lowest BCUT2D eigenvalue weighted by molar-refractivity contribution is 0.148. The van der Waals surface area contributed by atoms with E-state index < -0.39 is 0 Å². The number of hydrogen-bond donors (Lipinski definition) is 1. The van der Waals surface area contributed by atoms with Gasteiger partial charge in [-0.3, -0.25) is 4.90 Å². The van der Waals surface area contributed by atoms with Crippen LogP contribution < -0.4 is 5.73 Å². The first-order valence-electron chi connectivity index (χ1n) is 4.76. The standard InChI is InChI=1S/C9H22N2O/c1-3-4-6-11(7-5-10)8-9-12-2/h3-10H2,1-2H3. The summed E-state index contributed by atoms with van der Waals surface area (Å²) in [5.74, 6) is 0. The number of unbranched alkanes of at least 4 members (excludes halogenated alkanes) is 1. The molecule has 0 radical (unpaired) electrons. The van der Waals surface area contributed by atoms with Crippen LogP contribution in [0.3, 0.4) is 0 Å². The normalized spacial score (nSPS) is 11.0. The molecule has 3 nitrogen and oxygen atoms in total. The highest BCUT2D eigenvalue weighted by atomic mass is 16.5. The predicted molar refractivity (Wildman–Crippen MR) is 52.3 cm³/mol. The van der Waals surface area contributed by atoms with E-state index in [1.54, 1.807) is 7.11 Å². The topological polar surface area (TPSA) is 38.5 Å². The highest BCUT2D eigenvalue weighted by Gasteiger charge is 2.01. The van der Waals surface area contributed by atoms with E-state index in [9.17, 15) is 0 Å². The maximum Gasteiger partial charge on any atom is 0.0589 e. The van der Waals surface area contributed by atoms with E-state index in [1.165, 1.54) is 12.8 Å². The lowest BCUT2D eigenvalue weighted by Crippen LogP contribution is -2.33. The van der Waals surface area contributed by atoms with Crippen LogP contribution in [0.2, 0.25) is 0 Å². The number of rotatable bonds is 8. The molecule has 0 bridgehead atoms. The van der Waals surface area contributed by atoms with Crippen molar-refractivity contribution >= 4 is 0 Å². The maximum atomic E-state index is 5.49. The molecular weight excluding hydrogens is 152 g/mol. The molecule has 0 aliphatic rings. The summed E-state index contributed by atoms with van der Waals surface area (Å²) in [4.78, 5) is 2.35. The summed E-state index contributed by atoms with van der Waals surface area (Å²) in [5, 5.41) is 0. The van der Waals surface area contributed by atoms with Gasteiger partial charge in [-0.25, -0.2) is 0 Å².